The van der Waals surface area contributed by atoms with Crippen molar-refractivity contribution in [1.82, 2.24) is 10.2 Å². The van der Waals surface area contributed by atoms with Gasteiger partial charge in [-0.15, -0.1) is 0 Å². The number of anilines is 1. The van der Waals surface area contributed by atoms with Crippen molar-refractivity contribution >= 4 is 33.2 Å². The van der Waals surface area contributed by atoms with Crippen molar-refractivity contribution in [3.05, 3.63) is 69.3 Å². The summed E-state index contributed by atoms with van der Waals surface area (Å²) in [4.78, 5) is 37.6. The highest BCUT2D eigenvalue weighted by atomic mass is 32.2. The SMILES string of the molecule is CNC(=O)C(C)N(Cc1cccc(C)c1)C(=O)CN(c1cc([N+](=O)[O-])ccc1C)S(C)(=O)=O. The third-order valence-electron chi connectivity index (χ3n) is 5.20. The van der Waals surface area contributed by atoms with Gasteiger partial charge in [-0.3, -0.25) is 24.0 Å². The zero-order valence-electron chi connectivity index (χ0n) is 19.2. The highest BCUT2D eigenvalue weighted by Crippen LogP contribution is 2.28. The average Bonchev–Trinajstić information content (AvgIpc) is 2.74. The topological polar surface area (TPSA) is 130 Å². The molecule has 0 aliphatic heterocycles. The summed E-state index contributed by atoms with van der Waals surface area (Å²) in [5.41, 5.74) is 1.92. The average molecular weight is 477 g/mol. The predicted octanol–water partition coefficient (Wildman–Crippen LogP) is 2.14. The lowest BCUT2D eigenvalue weighted by molar-refractivity contribution is -0.384. The number of likely N-dealkylation sites (N-methyl/N-ethyl adjacent to an activating group) is 1. The molecule has 33 heavy (non-hydrogen) atoms. The minimum atomic E-state index is -3.98. The van der Waals surface area contributed by atoms with Crippen molar-refractivity contribution in [2.45, 2.75) is 33.4 Å². The van der Waals surface area contributed by atoms with E-state index in [4.69, 9.17) is 0 Å². The van der Waals surface area contributed by atoms with Crippen LogP contribution in [0.2, 0.25) is 0 Å². The highest BCUT2D eigenvalue weighted by molar-refractivity contribution is 7.92. The molecule has 0 saturated heterocycles. The smallest absolute Gasteiger partial charge is 0.271 e. The van der Waals surface area contributed by atoms with E-state index in [9.17, 15) is 28.1 Å². The maximum Gasteiger partial charge on any atom is 0.271 e. The molecule has 1 unspecified atom stereocenters. The molecule has 0 spiro atoms. The third-order valence-corrected chi connectivity index (χ3v) is 6.33. The van der Waals surface area contributed by atoms with Crippen LogP contribution in [0, 0.1) is 24.0 Å². The largest absolute Gasteiger partial charge is 0.357 e. The van der Waals surface area contributed by atoms with Crippen molar-refractivity contribution < 1.29 is 22.9 Å². The monoisotopic (exact) mass is 476 g/mol. The van der Waals surface area contributed by atoms with Gasteiger partial charge < -0.3 is 10.2 Å². The van der Waals surface area contributed by atoms with Crippen LogP contribution in [0.3, 0.4) is 0 Å². The molecule has 11 heteroatoms. The Balaban J connectivity index is 2.48. The molecule has 1 N–H and O–H groups in total. The van der Waals surface area contributed by atoms with Crippen LogP contribution in [0.5, 0.6) is 0 Å². The predicted molar refractivity (Wildman–Crippen MR) is 125 cm³/mol. The van der Waals surface area contributed by atoms with E-state index in [1.54, 1.807) is 13.8 Å². The Morgan fingerprint density at radius 3 is 2.36 bits per heavy atom. The highest BCUT2D eigenvalue weighted by Gasteiger charge is 2.30. The van der Waals surface area contributed by atoms with Crippen LogP contribution in [0.25, 0.3) is 0 Å². The number of nitrogens with one attached hydrogen (secondary N) is 1. The second-order valence-electron chi connectivity index (χ2n) is 7.80. The Morgan fingerprint density at radius 2 is 1.82 bits per heavy atom. The maximum atomic E-state index is 13.4. The van der Waals surface area contributed by atoms with E-state index in [0.717, 1.165) is 27.8 Å². The van der Waals surface area contributed by atoms with Gasteiger partial charge in [-0.25, -0.2) is 8.42 Å². The molecule has 10 nitrogen and oxygen atoms in total. The molecule has 0 heterocycles. The number of nitro groups is 1. The number of carbonyl (C=O) groups excluding carboxylic acids is 2. The molecule has 1 atom stereocenters. The van der Waals surface area contributed by atoms with Gasteiger partial charge in [0, 0.05) is 25.7 Å². The molecular formula is C22H28N4O6S. The first kappa shape index (κ1) is 25.8. The lowest BCUT2D eigenvalue weighted by Crippen LogP contribution is -2.50. The summed E-state index contributed by atoms with van der Waals surface area (Å²) >= 11 is 0. The molecule has 0 bridgehead atoms. The second-order valence-corrected chi connectivity index (χ2v) is 9.71. The summed E-state index contributed by atoms with van der Waals surface area (Å²) in [5, 5.41) is 13.7. The van der Waals surface area contributed by atoms with E-state index in [-0.39, 0.29) is 17.9 Å². The summed E-state index contributed by atoms with van der Waals surface area (Å²) in [6, 6.07) is 10.3. The van der Waals surface area contributed by atoms with Crippen LogP contribution >= 0.6 is 0 Å². The molecule has 0 saturated carbocycles. The fourth-order valence-electron chi connectivity index (χ4n) is 3.37. The van der Waals surface area contributed by atoms with E-state index >= 15 is 0 Å². The van der Waals surface area contributed by atoms with Crippen molar-refractivity contribution in [2.24, 2.45) is 0 Å². The van der Waals surface area contributed by atoms with E-state index in [2.05, 4.69) is 5.32 Å². The lowest BCUT2D eigenvalue weighted by atomic mass is 10.1. The van der Waals surface area contributed by atoms with Crippen LogP contribution in [-0.4, -0.2) is 55.9 Å². The van der Waals surface area contributed by atoms with Crippen LogP contribution in [0.15, 0.2) is 42.5 Å². The first-order valence-electron chi connectivity index (χ1n) is 10.1. The molecule has 2 amide bonds. The summed E-state index contributed by atoms with van der Waals surface area (Å²) < 4.78 is 26.0. The lowest BCUT2D eigenvalue weighted by Gasteiger charge is -2.31. The number of non-ortho nitro benzene ring substituents is 1. The number of nitro benzene ring substituents is 1. The van der Waals surface area contributed by atoms with Gasteiger partial charge in [0.15, 0.2) is 0 Å². The molecule has 2 aromatic carbocycles. The first-order valence-corrected chi connectivity index (χ1v) is 12.0. The third kappa shape index (κ3) is 6.51. The van der Waals surface area contributed by atoms with Gasteiger partial charge in [0.2, 0.25) is 21.8 Å². The number of carbonyl (C=O) groups is 2. The maximum absolute atomic E-state index is 13.4. The summed E-state index contributed by atoms with van der Waals surface area (Å²) in [6.45, 7) is 4.51. The molecule has 2 rings (SSSR count). The van der Waals surface area contributed by atoms with Crippen LogP contribution < -0.4 is 9.62 Å². The molecule has 0 aliphatic rings. The normalized spacial score (nSPS) is 12.0. The number of hydrogen-bond donors (Lipinski definition) is 1. The van der Waals surface area contributed by atoms with Crippen LogP contribution in [-0.2, 0) is 26.2 Å². The zero-order valence-corrected chi connectivity index (χ0v) is 20.0. The standard InChI is InChI=1S/C22H28N4O6S/c1-15-7-6-8-18(11-15)13-24(17(3)22(28)23-4)21(27)14-25(33(5,31)32)20-12-19(26(29)30)10-9-16(20)2/h6-12,17H,13-14H2,1-5H3,(H,23,28). The second kappa shape index (κ2) is 10.4. The summed E-state index contributed by atoms with van der Waals surface area (Å²) in [5.74, 6) is -1.03. The van der Waals surface area contributed by atoms with Crippen molar-refractivity contribution in [3.8, 4) is 0 Å². The van der Waals surface area contributed by atoms with Gasteiger partial charge in [-0.05, 0) is 31.9 Å². The molecule has 0 radical (unpaired) electrons. The van der Waals surface area contributed by atoms with Gasteiger partial charge in [-0.1, -0.05) is 35.9 Å². The Hall–Kier alpha value is -3.47. The van der Waals surface area contributed by atoms with Crippen LogP contribution in [0.1, 0.15) is 23.6 Å². The van der Waals surface area contributed by atoms with E-state index in [0.29, 0.717) is 5.56 Å². The van der Waals surface area contributed by atoms with Gasteiger partial charge in [0.05, 0.1) is 16.9 Å². The molecule has 178 valence electrons. The molecule has 0 fully saturated rings. The number of aryl methyl sites for hydroxylation is 2. The van der Waals surface area contributed by atoms with E-state index in [1.165, 1.54) is 24.1 Å². The van der Waals surface area contributed by atoms with Gasteiger partial charge in [0.25, 0.3) is 5.69 Å². The molecule has 0 aliphatic carbocycles. The number of hydrogen-bond acceptors (Lipinski definition) is 6. The Morgan fingerprint density at radius 1 is 1.15 bits per heavy atom. The van der Waals surface area contributed by atoms with Crippen molar-refractivity contribution in [3.63, 3.8) is 0 Å². The minimum absolute atomic E-state index is 0.0307. The first-order chi connectivity index (χ1) is 15.3. The van der Waals surface area contributed by atoms with Gasteiger partial charge in [-0.2, -0.15) is 0 Å². The van der Waals surface area contributed by atoms with E-state index in [1.807, 2.05) is 31.2 Å². The Bertz CT molecular complexity index is 1170. The minimum Gasteiger partial charge on any atom is -0.357 e. The summed E-state index contributed by atoms with van der Waals surface area (Å²) in [6.07, 6.45) is 0.922. The number of benzene rings is 2. The fourth-order valence-corrected chi connectivity index (χ4v) is 4.27. The molecule has 2 aromatic rings. The Labute approximate surface area is 193 Å². The fraction of sp³-hybridized carbons (Fsp3) is 0.364. The number of sulfonamides is 1. The van der Waals surface area contributed by atoms with Gasteiger partial charge >= 0.3 is 0 Å². The zero-order chi connectivity index (χ0) is 24.9. The molecule has 0 aromatic heterocycles. The van der Waals surface area contributed by atoms with Crippen molar-refractivity contribution in [1.29, 1.82) is 0 Å². The Kier molecular flexibility index (Phi) is 8.15. The number of amides is 2. The quantitative estimate of drug-likeness (QED) is 0.436. The van der Waals surface area contributed by atoms with Gasteiger partial charge in [0.1, 0.15) is 12.6 Å². The van der Waals surface area contributed by atoms with E-state index < -0.39 is 39.3 Å². The van der Waals surface area contributed by atoms with Crippen LogP contribution in [0.4, 0.5) is 11.4 Å². The van der Waals surface area contributed by atoms with Crippen molar-refractivity contribution in [2.75, 3.05) is 24.2 Å². The number of rotatable bonds is 9. The number of nitrogens with zero attached hydrogens (tertiary/aromatic N) is 3. The summed E-state index contributed by atoms with van der Waals surface area (Å²) in [7, 11) is -2.53. The molecular weight excluding hydrogens is 448 g/mol.